The maximum Gasteiger partial charge on any atom is 0.245 e. The summed E-state index contributed by atoms with van der Waals surface area (Å²) in [6.07, 6.45) is 4.50. The lowest BCUT2D eigenvalue weighted by Crippen LogP contribution is -2.23. The lowest BCUT2D eigenvalue weighted by atomic mass is 10.1. The summed E-state index contributed by atoms with van der Waals surface area (Å²) in [6, 6.07) is 0. The fourth-order valence-corrected chi connectivity index (χ4v) is 1.21. The molecule has 0 aromatic heterocycles. The third kappa shape index (κ3) is 9.45. The summed E-state index contributed by atoms with van der Waals surface area (Å²) in [5.74, 6) is -0.00418. The number of rotatable bonds is 9. The van der Waals surface area contributed by atoms with Crippen LogP contribution < -0.4 is 10.6 Å². The van der Waals surface area contributed by atoms with E-state index in [0.717, 1.165) is 25.7 Å². The first-order chi connectivity index (χ1) is 7.70. The molecule has 94 valence electrons. The summed E-state index contributed by atoms with van der Waals surface area (Å²) < 4.78 is 5.14. The molecule has 0 aromatic carbocycles. The first-order valence-electron chi connectivity index (χ1n) is 5.69. The Morgan fingerprint density at radius 1 is 0.938 bits per heavy atom. The number of amides is 2. The lowest BCUT2D eigenvalue weighted by molar-refractivity contribution is -0.125. The molecule has 0 radical (unpaired) electrons. The number of likely N-dealkylation sites (N-methyl/N-ethyl adjacent to an activating group) is 1. The molecule has 16 heavy (non-hydrogen) atoms. The highest BCUT2D eigenvalue weighted by Crippen LogP contribution is 2.02. The van der Waals surface area contributed by atoms with Gasteiger partial charge >= 0.3 is 0 Å². The predicted octanol–water partition coefficient (Wildman–Crippen LogP) is 0.446. The molecule has 2 N–H and O–H groups in total. The van der Waals surface area contributed by atoms with Crippen LogP contribution in [0.4, 0.5) is 0 Å². The number of hydrogen-bond donors (Lipinski definition) is 2. The summed E-state index contributed by atoms with van der Waals surface area (Å²) in [7, 11) is 3.24. The lowest BCUT2D eigenvalue weighted by Gasteiger charge is -2.03. The van der Waals surface area contributed by atoms with E-state index >= 15 is 0 Å². The highest BCUT2D eigenvalue weighted by atomic mass is 16.5. The standard InChI is InChI=1S/C11H22N2O3/c1-12-10(14)7-5-3-4-6-8-16-9-11(15)13-2/h3-9H2,1-2H3,(H,12,14)(H,13,15). The Labute approximate surface area is 96.9 Å². The molecule has 0 aromatic rings. The minimum absolute atomic E-state index is 0.0934. The maximum absolute atomic E-state index is 10.9. The third-order valence-electron chi connectivity index (χ3n) is 2.23. The van der Waals surface area contributed by atoms with E-state index in [9.17, 15) is 9.59 Å². The smallest absolute Gasteiger partial charge is 0.245 e. The Morgan fingerprint density at radius 2 is 1.56 bits per heavy atom. The molecule has 0 aliphatic carbocycles. The van der Waals surface area contributed by atoms with Gasteiger partial charge in [-0.2, -0.15) is 0 Å². The second-order valence-corrected chi connectivity index (χ2v) is 3.56. The fraction of sp³-hybridized carbons (Fsp3) is 0.818. The molecule has 0 aliphatic rings. The van der Waals surface area contributed by atoms with Gasteiger partial charge < -0.3 is 15.4 Å². The average Bonchev–Trinajstić information content (AvgIpc) is 2.31. The minimum atomic E-state index is -0.0976. The van der Waals surface area contributed by atoms with Gasteiger partial charge in [0.1, 0.15) is 6.61 Å². The van der Waals surface area contributed by atoms with Crippen molar-refractivity contribution in [2.24, 2.45) is 0 Å². The third-order valence-corrected chi connectivity index (χ3v) is 2.23. The second kappa shape index (κ2) is 10.4. The van der Waals surface area contributed by atoms with Crippen LogP contribution in [0.1, 0.15) is 32.1 Å². The molecule has 0 spiro atoms. The molecule has 0 rings (SSSR count). The van der Waals surface area contributed by atoms with Crippen molar-refractivity contribution in [2.45, 2.75) is 32.1 Å². The number of nitrogens with one attached hydrogen (secondary N) is 2. The first kappa shape index (κ1) is 14.9. The molecule has 0 atom stereocenters. The van der Waals surface area contributed by atoms with Gasteiger partial charge in [0, 0.05) is 27.1 Å². The van der Waals surface area contributed by atoms with E-state index in [1.807, 2.05) is 0 Å². The predicted molar refractivity (Wildman–Crippen MR) is 62.0 cm³/mol. The van der Waals surface area contributed by atoms with Crippen LogP contribution in [0.3, 0.4) is 0 Å². The van der Waals surface area contributed by atoms with E-state index in [0.29, 0.717) is 13.0 Å². The van der Waals surface area contributed by atoms with Crippen LogP contribution in [0.2, 0.25) is 0 Å². The molecule has 5 nitrogen and oxygen atoms in total. The second-order valence-electron chi connectivity index (χ2n) is 3.56. The highest BCUT2D eigenvalue weighted by Gasteiger charge is 1.98. The number of ether oxygens (including phenoxy) is 1. The van der Waals surface area contributed by atoms with E-state index in [-0.39, 0.29) is 18.4 Å². The van der Waals surface area contributed by atoms with Gasteiger partial charge in [-0.3, -0.25) is 9.59 Å². The molecule has 0 saturated heterocycles. The maximum atomic E-state index is 10.9. The van der Waals surface area contributed by atoms with Gasteiger partial charge in [0.2, 0.25) is 11.8 Å². The van der Waals surface area contributed by atoms with Crippen LogP contribution in [0.15, 0.2) is 0 Å². The summed E-state index contributed by atoms with van der Waals surface area (Å²) in [5, 5.41) is 5.07. The van der Waals surface area contributed by atoms with Crippen molar-refractivity contribution in [2.75, 3.05) is 27.3 Å². The van der Waals surface area contributed by atoms with E-state index in [1.54, 1.807) is 14.1 Å². The van der Waals surface area contributed by atoms with E-state index in [4.69, 9.17) is 4.74 Å². The van der Waals surface area contributed by atoms with Crippen molar-refractivity contribution < 1.29 is 14.3 Å². The van der Waals surface area contributed by atoms with Crippen molar-refractivity contribution in [3.05, 3.63) is 0 Å². The van der Waals surface area contributed by atoms with Crippen molar-refractivity contribution in [3.8, 4) is 0 Å². The number of unbranched alkanes of at least 4 members (excludes halogenated alkanes) is 3. The fourth-order valence-electron chi connectivity index (χ4n) is 1.21. The Hall–Kier alpha value is -1.10. The number of hydrogen-bond acceptors (Lipinski definition) is 3. The van der Waals surface area contributed by atoms with Gasteiger partial charge in [-0.05, 0) is 12.8 Å². The monoisotopic (exact) mass is 230 g/mol. The quantitative estimate of drug-likeness (QED) is 0.565. The Kier molecular flexibility index (Phi) is 9.70. The highest BCUT2D eigenvalue weighted by molar-refractivity contribution is 5.76. The minimum Gasteiger partial charge on any atom is -0.372 e. The Balaban J connectivity index is 3.10. The van der Waals surface area contributed by atoms with Crippen LogP contribution in [0.5, 0.6) is 0 Å². The van der Waals surface area contributed by atoms with Gasteiger partial charge in [-0.1, -0.05) is 12.8 Å². The molecular weight excluding hydrogens is 208 g/mol. The summed E-state index contributed by atoms with van der Waals surface area (Å²) in [6.45, 7) is 0.738. The number of carbonyl (C=O) groups is 2. The first-order valence-corrected chi connectivity index (χ1v) is 5.69. The van der Waals surface area contributed by atoms with Gasteiger partial charge in [0.25, 0.3) is 0 Å². The molecular formula is C11H22N2O3. The molecule has 0 bridgehead atoms. The van der Waals surface area contributed by atoms with Crippen molar-refractivity contribution in [1.29, 1.82) is 0 Å². The molecule has 2 amide bonds. The summed E-state index contributed by atoms with van der Waals surface area (Å²) in [5.41, 5.74) is 0. The van der Waals surface area contributed by atoms with Crippen molar-refractivity contribution >= 4 is 11.8 Å². The molecule has 0 saturated carbocycles. The molecule has 0 heterocycles. The van der Waals surface area contributed by atoms with Crippen molar-refractivity contribution in [1.82, 2.24) is 10.6 Å². The SMILES string of the molecule is CNC(=O)CCCCCCOCC(=O)NC. The molecule has 0 fully saturated rings. The molecule has 0 aliphatic heterocycles. The van der Waals surface area contributed by atoms with E-state index in [1.165, 1.54) is 0 Å². The normalized spacial score (nSPS) is 9.88. The van der Waals surface area contributed by atoms with Crippen LogP contribution in [0, 0.1) is 0 Å². The topological polar surface area (TPSA) is 67.4 Å². The van der Waals surface area contributed by atoms with E-state index in [2.05, 4.69) is 10.6 Å². The van der Waals surface area contributed by atoms with Crippen LogP contribution in [-0.2, 0) is 14.3 Å². The van der Waals surface area contributed by atoms with Crippen LogP contribution >= 0.6 is 0 Å². The molecule has 5 heteroatoms. The zero-order valence-electron chi connectivity index (χ0n) is 10.2. The average molecular weight is 230 g/mol. The van der Waals surface area contributed by atoms with E-state index < -0.39 is 0 Å². The Bertz CT molecular complexity index is 185. The van der Waals surface area contributed by atoms with Crippen molar-refractivity contribution in [3.63, 3.8) is 0 Å². The summed E-state index contributed by atoms with van der Waals surface area (Å²) >= 11 is 0. The number of carbonyl (C=O) groups excluding carboxylic acids is 2. The van der Waals surface area contributed by atoms with Gasteiger partial charge in [-0.25, -0.2) is 0 Å². The zero-order valence-corrected chi connectivity index (χ0v) is 10.2. The van der Waals surface area contributed by atoms with Crippen LogP contribution in [-0.4, -0.2) is 39.1 Å². The summed E-state index contributed by atoms with van der Waals surface area (Å²) in [4.78, 5) is 21.6. The molecule has 0 unspecified atom stereocenters. The largest absolute Gasteiger partial charge is 0.372 e. The van der Waals surface area contributed by atoms with Gasteiger partial charge in [-0.15, -0.1) is 0 Å². The van der Waals surface area contributed by atoms with Gasteiger partial charge in [0.05, 0.1) is 0 Å². The zero-order chi connectivity index (χ0) is 12.2. The Morgan fingerprint density at radius 3 is 2.19 bits per heavy atom. The van der Waals surface area contributed by atoms with Gasteiger partial charge in [0.15, 0.2) is 0 Å². The van der Waals surface area contributed by atoms with Crippen LogP contribution in [0.25, 0.3) is 0 Å².